The minimum Gasteiger partial charge on any atom is -0.492 e. The maximum absolute atomic E-state index is 13.3. The molecule has 0 atom stereocenters. The Balaban J connectivity index is 1.83. The maximum Gasteiger partial charge on any atom is 0.269 e. The Morgan fingerprint density at radius 2 is 1.71 bits per heavy atom. The molecule has 0 saturated heterocycles. The maximum atomic E-state index is 13.3. The smallest absolute Gasteiger partial charge is 0.269 e. The number of nitro groups is 1. The predicted octanol–water partition coefficient (Wildman–Crippen LogP) is 3.36. The van der Waals surface area contributed by atoms with Gasteiger partial charge in [0, 0.05) is 18.7 Å². The highest BCUT2D eigenvalue weighted by atomic mass is 19.1. The van der Waals surface area contributed by atoms with Crippen LogP contribution in [0, 0.1) is 21.7 Å². The van der Waals surface area contributed by atoms with Crippen LogP contribution in [0.1, 0.15) is 0 Å². The first-order valence-electron chi connectivity index (χ1n) is 6.13. The number of rotatable bonds is 6. The van der Waals surface area contributed by atoms with Crippen LogP contribution in [0.4, 0.5) is 20.2 Å². The van der Waals surface area contributed by atoms with E-state index in [-0.39, 0.29) is 24.5 Å². The van der Waals surface area contributed by atoms with Gasteiger partial charge < -0.3 is 10.1 Å². The van der Waals surface area contributed by atoms with Crippen molar-refractivity contribution >= 4 is 11.4 Å². The predicted molar refractivity (Wildman–Crippen MR) is 73.4 cm³/mol. The summed E-state index contributed by atoms with van der Waals surface area (Å²) in [5.74, 6) is -0.910. The van der Waals surface area contributed by atoms with E-state index >= 15 is 0 Å². The van der Waals surface area contributed by atoms with Crippen molar-refractivity contribution in [3.05, 3.63) is 64.2 Å². The summed E-state index contributed by atoms with van der Waals surface area (Å²) in [6.07, 6.45) is 0. The molecule has 0 unspecified atom stereocenters. The molecule has 2 aromatic rings. The van der Waals surface area contributed by atoms with Gasteiger partial charge in [-0.2, -0.15) is 0 Å². The van der Waals surface area contributed by atoms with E-state index in [1.165, 1.54) is 30.3 Å². The van der Waals surface area contributed by atoms with Crippen LogP contribution in [0.25, 0.3) is 0 Å². The number of nitrogens with zero attached hydrogens (tertiary/aromatic N) is 1. The summed E-state index contributed by atoms with van der Waals surface area (Å²) in [4.78, 5) is 9.97. The molecule has 0 radical (unpaired) electrons. The highest BCUT2D eigenvalue weighted by Gasteiger charge is 2.07. The van der Waals surface area contributed by atoms with Crippen molar-refractivity contribution < 1.29 is 18.4 Å². The van der Waals surface area contributed by atoms with Gasteiger partial charge in [0.25, 0.3) is 5.69 Å². The Labute approximate surface area is 119 Å². The number of para-hydroxylation sites is 1. The van der Waals surface area contributed by atoms with Gasteiger partial charge in [-0.15, -0.1) is 0 Å². The number of benzene rings is 2. The minimum atomic E-state index is -0.676. The summed E-state index contributed by atoms with van der Waals surface area (Å²) < 4.78 is 31.9. The normalized spacial score (nSPS) is 10.2. The van der Waals surface area contributed by atoms with Crippen LogP contribution in [0.15, 0.2) is 42.5 Å². The molecule has 110 valence electrons. The highest BCUT2D eigenvalue weighted by molar-refractivity contribution is 5.46. The molecular formula is C14H12F2N2O3. The zero-order chi connectivity index (χ0) is 15.2. The first-order valence-corrected chi connectivity index (χ1v) is 6.13. The molecular weight excluding hydrogens is 282 g/mol. The minimum absolute atomic E-state index is 0.0334. The van der Waals surface area contributed by atoms with Crippen LogP contribution in [0.3, 0.4) is 0 Å². The number of ether oxygens (including phenoxy) is 1. The summed E-state index contributed by atoms with van der Waals surface area (Å²) in [7, 11) is 0. The third kappa shape index (κ3) is 3.88. The van der Waals surface area contributed by atoms with E-state index in [0.29, 0.717) is 5.75 Å². The highest BCUT2D eigenvalue weighted by Crippen LogP contribution is 2.19. The summed E-state index contributed by atoms with van der Waals surface area (Å²) in [6, 6.07) is 9.15. The molecule has 0 aliphatic carbocycles. The van der Waals surface area contributed by atoms with Crippen LogP contribution in [0.2, 0.25) is 0 Å². The molecule has 0 spiro atoms. The van der Waals surface area contributed by atoms with Crippen molar-refractivity contribution in [2.75, 3.05) is 18.5 Å². The second kappa shape index (κ2) is 6.65. The molecule has 0 heterocycles. The van der Waals surface area contributed by atoms with Gasteiger partial charge in [-0.25, -0.2) is 8.78 Å². The SMILES string of the molecule is O=[N+]([O-])c1ccc(OCCNc2c(F)cccc2F)cc1. The van der Waals surface area contributed by atoms with Gasteiger partial charge in [0.05, 0.1) is 4.92 Å². The third-order valence-electron chi connectivity index (χ3n) is 2.68. The van der Waals surface area contributed by atoms with Crippen LogP contribution in [-0.2, 0) is 0 Å². The fraction of sp³-hybridized carbons (Fsp3) is 0.143. The Kier molecular flexibility index (Phi) is 4.65. The van der Waals surface area contributed by atoms with Gasteiger partial charge in [0.2, 0.25) is 0 Å². The van der Waals surface area contributed by atoms with E-state index in [9.17, 15) is 18.9 Å². The van der Waals surface area contributed by atoms with E-state index in [4.69, 9.17) is 4.74 Å². The Hall–Kier alpha value is -2.70. The van der Waals surface area contributed by atoms with Crippen LogP contribution < -0.4 is 10.1 Å². The quantitative estimate of drug-likeness (QED) is 0.504. The van der Waals surface area contributed by atoms with Gasteiger partial charge in [0.15, 0.2) is 0 Å². The molecule has 0 amide bonds. The Bertz CT molecular complexity index is 612. The lowest BCUT2D eigenvalue weighted by molar-refractivity contribution is -0.384. The molecule has 21 heavy (non-hydrogen) atoms. The zero-order valence-electron chi connectivity index (χ0n) is 10.9. The lowest BCUT2D eigenvalue weighted by Crippen LogP contribution is -2.13. The second-order valence-corrected chi connectivity index (χ2v) is 4.12. The number of nitrogens with one attached hydrogen (secondary N) is 1. The fourth-order valence-electron chi connectivity index (χ4n) is 1.68. The lowest BCUT2D eigenvalue weighted by atomic mass is 10.3. The Morgan fingerprint density at radius 3 is 2.29 bits per heavy atom. The molecule has 5 nitrogen and oxygen atoms in total. The van der Waals surface area contributed by atoms with E-state index in [2.05, 4.69) is 5.32 Å². The monoisotopic (exact) mass is 294 g/mol. The summed E-state index contributed by atoms with van der Waals surface area (Å²) in [6.45, 7) is 0.348. The molecule has 7 heteroatoms. The van der Waals surface area contributed by atoms with Gasteiger partial charge in [-0.05, 0) is 24.3 Å². The third-order valence-corrected chi connectivity index (χ3v) is 2.68. The van der Waals surface area contributed by atoms with Crippen molar-refractivity contribution in [2.45, 2.75) is 0 Å². The summed E-state index contributed by atoms with van der Waals surface area (Å²) >= 11 is 0. The molecule has 1 N–H and O–H groups in total. The van der Waals surface area contributed by atoms with Gasteiger partial charge in [-0.1, -0.05) is 6.07 Å². The number of halogens is 2. The molecule has 0 bridgehead atoms. The number of anilines is 1. The molecule has 0 aliphatic heterocycles. The molecule has 0 aromatic heterocycles. The van der Waals surface area contributed by atoms with E-state index in [0.717, 1.165) is 12.1 Å². The van der Waals surface area contributed by atoms with Crippen LogP contribution in [-0.4, -0.2) is 18.1 Å². The van der Waals surface area contributed by atoms with Crippen molar-refractivity contribution in [1.29, 1.82) is 0 Å². The summed E-state index contributed by atoms with van der Waals surface area (Å²) in [5, 5.41) is 13.1. The van der Waals surface area contributed by atoms with E-state index in [1.54, 1.807) is 0 Å². The average Bonchev–Trinajstić information content (AvgIpc) is 2.46. The molecule has 2 rings (SSSR count). The molecule has 0 saturated carbocycles. The van der Waals surface area contributed by atoms with E-state index < -0.39 is 16.6 Å². The lowest BCUT2D eigenvalue weighted by Gasteiger charge is -2.09. The largest absolute Gasteiger partial charge is 0.492 e. The molecule has 0 aliphatic rings. The Morgan fingerprint density at radius 1 is 1.10 bits per heavy atom. The standard InChI is InChI=1S/C14H12F2N2O3/c15-12-2-1-3-13(16)14(12)17-8-9-21-11-6-4-10(5-7-11)18(19)20/h1-7,17H,8-9H2. The first-order chi connectivity index (χ1) is 10.1. The second-order valence-electron chi connectivity index (χ2n) is 4.12. The molecule has 0 fully saturated rings. The number of non-ortho nitro benzene ring substituents is 1. The van der Waals surface area contributed by atoms with Gasteiger partial charge in [-0.3, -0.25) is 10.1 Å². The van der Waals surface area contributed by atoms with Gasteiger partial charge >= 0.3 is 0 Å². The van der Waals surface area contributed by atoms with Crippen molar-refractivity contribution in [2.24, 2.45) is 0 Å². The van der Waals surface area contributed by atoms with Crippen LogP contribution >= 0.6 is 0 Å². The number of nitro benzene ring substituents is 1. The van der Waals surface area contributed by atoms with Crippen molar-refractivity contribution in [3.8, 4) is 5.75 Å². The van der Waals surface area contributed by atoms with E-state index in [1.807, 2.05) is 0 Å². The summed E-state index contributed by atoms with van der Waals surface area (Å²) in [5.41, 5.74) is -0.237. The van der Waals surface area contributed by atoms with Gasteiger partial charge in [0.1, 0.15) is 29.7 Å². The average molecular weight is 294 g/mol. The number of hydrogen-bond donors (Lipinski definition) is 1. The zero-order valence-corrected chi connectivity index (χ0v) is 10.9. The van der Waals surface area contributed by atoms with Crippen LogP contribution in [0.5, 0.6) is 5.75 Å². The topological polar surface area (TPSA) is 64.4 Å². The van der Waals surface area contributed by atoms with Crippen molar-refractivity contribution in [1.82, 2.24) is 0 Å². The molecule has 2 aromatic carbocycles. The van der Waals surface area contributed by atoms with Crippen molar-refractivity contribution in [3.63, 3.8) is 0 Å². The first kappa shape index (κ1) is 14.7. The number of hydrogen-bond acceptors (Lipinski definition) is 4. The fourth-order valence-corrected chi connectivity index (χ4v) is 1.68.